The van der Waals surface area contributed by atoms with Crippen molar-refractivity contribution in [3.8, 4) is 55.9 Å². The number of nitrogens with zero attached hydrogens (tertiary/aromatic N) is 2. The molecule has 3 heteroatoms. The summed E-state index contributed by atoms with van der Waals surface area (Å²) in [7, 11) is 0. The van der Waals surface area contributed by atoms with Gasteiger partial charge >= 0.3 is 0 Å². The smallest absolute Gasteiger partial charge is 0.0311 e. The fourth-order valence-corrected chi connectivity index (χ4v) is 8.73. The molecule has 0 N–H and O–H groups in total. The number of benzene rings is 5. The van der Waals surface area contributed by atoms with E-state index in [9.17, 15) is 2.74 Å². The van der Waals surface area contributed by atoms with Gasteiger partial charge in [-0.1, -0.05) is 148 Å². The van der Waals surface area contributed by atoms with Crippen LogP contribution in [0.2, 0.25) is 0 Å². The Morgan fingerprint density at radius 2 is 1.34 bits per heavy atom. The van der Waals surface area contributed by atoms with E-state index in [1.807, 2.05) is 79.7 Å². The second kappa shape index (κ2) is 17.9. The Morgan fingerprint density at radius 3 is 2.02 bits per heavy atom. The summed E-state index contributed by atoms with van der Waals surface area (Å²) in [5, 5.41) is 0. The van der Waals surface area contributed by atoms with Crippen LogP contribution in [0, 0.1) is 31.3 Å². The first-order valence-corrected chi connectivity index (χ1v) is 20.1. The standard InChI is InChI=1S/C55H54N2.Ir/c1-39-33-42(17-16-41-18-20-45(21-19-41)52-15-9-12-32-56-52)35-47(34-39)50-14-8-7-13-49(50)43-22-24-46(25-23-43)53-36-51(40(2)37-57-53)44-26-28-48(29-27-44)55(38-54(3,4)5)30-10-6-11-31-55;/h7-9,12-15,18-20,22-24,26-29,32-37H,6,10-11,16-17,30-31,38H2,1-5H3;/q-2;/i2D3,16D2,17D2;. The second-order valence-corrected chi connectivity index (χ2v) is 16.9. The molecular weight excluding hydrogens is 881 g/mol. The summed E-state index contributed by atoms with van der Waals surface area (Å²) in [5.74, 6) is 0. The van der Waals surface area contributed by atoms with E-state index in [1.165, 1.54) is 49.9 Å². The van der Waals surface area contributed by atoms with Crippen LogP contribution in [0.25, 0.3) is 55.9 Å². The maximum absolute atomic E-state index is 9.23. The van der Waals surface area contributed by atoms with Gasteiger partial charge < -0.3 is 9.97 Å². The van der Waals surface area contributed by atoms with Gasteiger partial charge in [0.2, 0.25) is 0 Å². The molecule has 1 fully saturated rings. The van der Waals surface area contributed by atoms with Crippen LogP contribution in [0.1, 0.15) is 96.7 Å². The van der Waals surface area contributed by atoms with Crippen LogP contribution in [-0.2, 0) is 38.3 Å². The number of aromatic nitrogens is 2. The Bertz CT molecular complexity index is 2740. The Hall–Kier alpha value is -4.95. The summed E-state index contributed by atoms with van der Waals surface area (Å²) in [5.41, 5.74) is 10.7. The van der Waals surface area contributed by atoms with E-state index in [0.717, 1.165) is 45.4 Å². The monoisotopic (exact) mass is 942 g/mol. The molecule has 58 heavy (non-hydrogen) atoms. The first kappa shape index (κ1) is 32.9. The molecule has 2 aromatic heterocycles. The van der Waals surface area contributed by atoms with E-state index < -0.39 is 19.6 Å². The molecule has 5 aromatic carbocycles. The van der Waals surface area contributed by atoms with Gasteiger partial charge in [-0.3, -0.25) is 0 Å². The van der Waals surface area contributed by atoms with Crippen molar-refractivity contribution in [3.05, 3.63) is 180 Å². The van der Waals surface area contributed by atoms with Gasteiger partial charge in [0.1, 0.15) is 0 Å². The summed E-state index contributed by atoms with van der Waals surface area (Å²) < 4.78 is 61.8. The van der Waals surface area contributed by atoms with Crippen molar-refractivity contribution in [1.82, 2.24) is 9.97 Å². The third-order valence-electron chi connectivity index (χ3n) is 11.2. The molecule has 295 valence electrons. The molecule has 0 amide bonds. The summed E-state index contributed by atoms with van der Waals surface area (Å²) in [6, 6.07) is 46.6. The maximum atomic E-state index is 9.23. The Balaban J connectivity index is 0.00000630. The number of hydrogen-bond donors (Lipinski definition) is 0. The zero-order valence-corrected chi connectivity index (χ0v) is 36.1. The van der Waals surface area contributed by atoms with Crippen LogP contribution >= 0.6 is 0 Å². The molecule has 0 bridgehead atoms. The van der Waals surface area contributed by atoms with Crippen molar-refractivity contribution in [2.24, 2.45) is 5.41 Å². The predicted octanol–water partition coefficient (Wildman–Crippen LogP) is 14.4. The summed E-state index contributed by atoms with van der Waals surface area (Å²) in [6.07, 6.45) is 5.57. The molecule has 1 aliphatic carbocycles. The summed E-state index contributed by atoms with van der Waals surface area (Å²) in [4.78, 5) is 9.01. The third kappa shape index (κ3) is 9.50. The van der Waals surface area contributed by atoms with Gasteiger partial charge in [0.05, 0.1) is 0 Å². The average Bonchev–Trinajstić information content (AvgIpc) is 3.28. The fraction of sp³-hybridized carbons (Fsp3) is 0.273. The van der Waals surface area contributed by atoms with Gasteiger partial charge in [-0.2, -0.15) is 0 Å². The van der Waals surface area contributed by atoms with Crippen molar-refractivity contribution < 1.29 is 29.7 Å². The minimum absolute atomic E-state index is 0. The number of rotatable bonds is 10. The topological polar surface area (TPSA) is 25.8 Å². The molecule has 1 radical (unpaired) electrons. The molecule has 0 spiro atoms. The molecule has 7 aromatic rings. The van der Waals surface area contributed by atoms with Crippen LogP contribution in [0.4, 0.5) is 0 Å². The zero-order valence-electron chi connectivity index (χ0n) is 40.7. The van der Waals surface area contributed by atoms with Crippen LogP contribution in [0.5, 0.6) is 0 Å². The van der Waals surface area contributed by atoms with Crippen LogP contribution in [-0.4, -0.2) is 9.97 Å². The van der Waals surface area contributed by atoms with Crippen LogP contribution in [0.3, 0.4) is 0 Å². The van der Waals surface area contributed by atoms with Crippen molar-refractivity contribution in [2.75, 3.05) is 0 Å². The Kier molecular flexibility index (Phi) is 10.2. The summed E-state index contributed by atoms with van der Waals surface area (Å²) >= 11 is 0. The van der Waals surface area contributed by atoms with E-state index in [0.29, 0.717) is 22.5 Å². The first-order chi connectivity index (χ1) is 30.3. The minimum atomic E-state index is -2.40. The van der Waals surface area contributed by atoms with Gasteiger partial charge in [0.25, 0.3) is 0 Å². The SMILES string of the molecule is [2H]C([2H])([2H])c1cnc(-c2[c-]cc(-c3ccccc3-c3cc(C)cc(C([2H])([2H])C([2H])([2H])c4c[c-]c(-c5ccccn5)cc4)c3)cc2)cc1-c1ccc(C2(CC(C)(C)C)CCCCC2)cc1.[Ir]. The van der Waals surface area contributed by atoms with Gasteiger partial charge in [-0.05, 0) is 107 Å². The second-order valence-electron chi connectivity index (χ2n) is 16.9. The third-order valence-corrected chi connectivity index (χ3v) is 11.2. The largest absolute Gasteiger partial charge is 0.305 e. The van der Waals surface area contributed by atoms with Crippen molar-refractivity contribution in [2.45, 2.75) is 91.2 Å². The molecule has 1 saturated carbocycles. The molecule has 0 unspecified atom stereocenters. The number of aryl methyl sites for hydroxylation is 4. The van der Waals surface area contributed by atoms with Crippen molar-refractivity contribution in [1.29, 1.82) is 0 Å². The summed E-state index contributed by atoms with van der Waals surface area (Å²) in [6.45, 7) is 6.50. The van der Waals surface area contributed by atoms with Gasteiger partial charge in [-0.15, -0.1) is 65.2 Å². The van der Waals surface area contributed by atoms with E-state index in [-0.39, 0.29) is 47.6 Å². The Morgan fingerprint density at radius 1 is 0.655 bits per heavy atom. The van der Waals surface area contributed by atoms with Crippen molar-refractivity contribution in [3.63, 3.8) is 0 Å². The van der Waals surface area contributed by atoms with Crippen LogP contribution in [0.15, 0.2) is 140 Å². The van der Waals surface area contributed by atoms with E-state index in [1.54, 1.807) is 30.5 Å². The molecule has 2 heterocycles. The van der Waals surface area contributed by atoms with Gasteiger partial charge in [0, 0.05) is 42.1 Å². The predicted molar refractivity (Wildman–Crippen MR) is 239 cm³/mol. The number of pyridine rings is 2. The van der Waals surface area contributed by atoms with Gasteiger partial charge in [-0.25, -0.2) is 0 Å². The van der Waals surface area contributed by atoms with E-state index in [4.69, 9.17) is 6.85 Å². The normalized spacial score (nSPS) is 16.3. The fourth-order valence-electron chi connectivity index (χ4n) is 8.73. The van der Waals surface area contributed by atoms with Crippen LogP contribution < -0.4 is 0 Å². The first-order valence-electron chi connectivity index (χ1n) is 23.6. The molecule has 0 atom stereocenters. The quantitative estimate of drug-likeness (QED) is 0.128. The van der Waals surface area contributed by atoms with E-state index in [2.05, 4.69) is 67.1 Å². The zero-order chi connectivity index (χ0) is 45.5. The Labute approximate surface area is 370 Å². The molecule has 8 rings (SSSR count). The van der Waals surface area contributed by atoms with Gasteiger partial charge in [0.15, 0.2) is 0 Å². The molecule has 2 nitrogen and oxygen atoms in total. The molecule has 0 saturated heterocycles. The molecule has 0 aliphatic heterocycles. The number of hydrogen-bond acceptors (Lipinski definition) is 2. The average molecular weight is 942 g/mol. The molecular formula is C55H54IrN2-2. The van der Waals surface area contributed by atoms with Crippen molar-refractivity contribution >= 4 is 0 Å². The maximum Gasteiger partial charge on any atom is 0.0311 e. The molecule has 1 aliphatic rings. The minimum Gasteiger partial charge on any atom is -0.305 e. The van der Waals surface area contributed by atoms with E-state index >= 15 is 0 Å².